The lowest BCUT2D eigenvalue weighted by atomic mass is 9.96. The van der Waals surface area contributed by atoms with Crippen LogP contribution in [0.25, 0.3) is 0 Å². The molecule has 0 amide bonds. The first-order valence-electron chi connectivity index (χ1n) is 10.6. The lowest BCUT2D eigenvalue weighted by molar-refractivity contribution is 0.0601. The quantitative estimate of drug-likeness (QED) is 0.384. The Morgan fingerprint density at radius 1 is 1.22 bits per heavy atom. The van der Waals surface area contributed by atoms with E-state index in [9.17, 15) is 9.18 Å². The number of hydrogen-bond donors (Lipinski definition) is 2. The van der Waals surface area contributed by atoms with Crippen LogP contribution in [0.1, 0.15) is 52.0 Å². The third-order valence-electron chi connectivity index (χ3n) is 5.47. The summed E-state index contributed by atoms with van der Waals surface area (Å²) in [6.45, 7) is 0.318. The van der Waals surface area contributed by atoms with E-state index in [0.29, 0.717) is 33.5 Å². The van der Waals surface area contributed by atoms with Crippen molar-refractivity contribution in [2.24, 2.45) is 0 Å². The average molecular weight is 473 g/mol. The summed E-state index contributed by atoms with van der Waals surface area (Å²) in [6, 6.07) is 6.62. The molecule has 168 valence electrons. The van der Waals surface area contributed by atoms with Gasteiger partial charge in [-0.05, 0) is 49.5 Å². The molecule has 1 aromatic carbocycles. The number of nitrogens with one attached hydrogen (secondary N) is 2. The number of aryl methyl sites for hydroxylation is 1. The minimum Gasteiger partial charge on any atom is -0.465 e. The SMILES string of the molecule is COC(=O)c1c(NC(=S)Nc2cnn(Cc3ccccc3F)c2)sc2c1CCCCCC2. The van der Waals surface area contributed by atoms with Crippen molar-refractivity contribution in [1.82, 2.24) is 9.78 Å². The molecular weight excluding hydrogens is 447 g/mol. The molecule has 4 rings (SSSR count). The summed E-state index contributed by atoms with van der Waals surface area (Å²) < 4.78 is 20.6. The summed E-state index contributed by atoms with van der Waals surface area (Å²) in [5.74, 6) is -0.607. The molecule has 2 heterocycles. The molecule has 2 N–H and O–H groups in total. The smallest absolute Gasteiger partial charge is 0.341 e. The highest BCUT2D eigenvalue weighted by Gasteiger charge is 2.25. The van der Waals surface area contributed by atoms with Gasteiger partial charge in [-0.3, -0.25) is 4.68 Å². The highest BCUT2D eigenvalue weighted by molar-refractivity contribution is 7.80. The van der Waals surface area contributed by atoms with Gasteiger partial charge in [-0.15, -0.1) is 11.3 Å². The number of rotatable bonds is 5. The molecule has 3 aromatic rings. The molecule has 1 aliphatic carbocycles. The zero-order valence-corrected chi connectivity index (χ0v) is 19.5. The van der Waals surface area contributed by atoms with Crippen LogP contribution in [0, 0.1) is 5.82 Å². The molecule has 0 spiro atoms. The van der Waals surface area contributed by atoms with E-state index in [0.717, 1.165) is 31.2 Å². The summed E-state index contributed by atoms with van der Waals surface area (Å²) >= 11 is 7.06. The van der Waals surface area contributed by atoms with Gasteiger partial charge in [0.1, 0.15) is 10.8 Å². The number of anilines is 2. The molecule has 32 heavy (non-hydrogen) atoms. The fraction of sp³-hybridized carbons (Fsp3) is 0.348. The van der Waals surface area contributed by atoms with Crippen molar-refractivity contribution in [2.75, 3.05) is 17.7 Å². The highest BCUT2D eigenvalue weighted by Crippen LogP contribution is 2.37. The van der Waals surface area contributed by atoms with Crippen LogP contribution in [0.3, 0.4) is 0 Å². The van der Waals surface area contributed by atoms with Crippen molar-refractivity contribution < 1.29 is 13.9 Å². The molecule has 6 nitrogen and oxygen atoms in total. The molecule has 1 aliphatic rings. The van der Waals surface area contributed by atoms with E-state index < -0.39 is 0 Å². The van der Waals surface area contributed by atoms with Crippen molar-refractivity contribution in [1.29, 1.82) is 0 Å². The lowest BCUT2D eigenvalue weighted by Crippen LogP contribution is -2.20. The number of thiophene rings is 1. The maximum atomic E-state index is 13.9. The summed E-state index contributed by atoms with van der Waals surface area (Å²) in [4.78, 5) is 13.8. The molecule has 0 unspecified atom stereocenters. The molecule has 0 bridgehead atoms. The van der Waals surface area contributed by atoms with Crippen LogP contribution in [-0.2, 0) is 24.1 Å². The molecule has 0 fully saturated rings. The van der Waals surface area contributed by atoms with E-state index in [-0.39, 0.29) is 11.8 Å². The van der Waals surface area contributed by atoms with Crippen LogP contribution >= 0.6 is 23.6 Å². The molecule has 0 saturated carbocycles. The molecular formula is C23H25FN4O2S2. The molecule has 0 radical (unpaired) electrons. The summed E-state index contributed by atoms with van der Waals surface area (Å²) in [6.07, 6.45) is 9.81. The molecule has 0 atom stereocenters. The van der Waals surface area contributed by atoms with Gasteiger partial charge in [0.15, 0.2) is 5.11 Å². The van der Waals surface area contributed by atoms with Gasteiger partial charge in [-0.1, -0.05) is 31.0 Å². The number of methoxy groups -OCH3 is 1. The maximum Gasteiger partial charge on any atom is 0.341 e. The Kier molecular flexibility index (Phi) is 7.16. The van der Waals surface area contributed by atoms with Gasteiger partial charge >= 0.3 is 5.97 Å². The summed E-state index contributed by atoms with van der Waals surface area (Å²) in [5, 5.41) is 11.6. The number of thiocarbonyl (C=S) groups is 1. The van der Waals surface area contributed by atoms with E-state index in [2.05, 4.69) is 15.7 Å². The maximum absolute atomic E-state index is 13.9. The van der Waals surface area contributed by atoms with Crippen LogP contribution in [0.5, 0.6) is 0 Å². The first kappa shape index (κ1) is 22.4. The molecule has 0 saturated heterocycles. The molecule has 2 aromatic heterocycles. The number of carbonyl (C=O) groups is 1. The minimum absolute atomic E-state index is 0.265. The second kappa shape index (κ2) is 10.2. The van der Waals surface area contributed by atoms with Crippen LogP contribution < -0.4 is 10.6 Å². The lowest BCUT2D eigenvalue weighted by Gasteiger charge is -2.11. The first-order chi connectivity index (χ1) is 15.5. The number of fused-ring (bicyclic) bond motifs is 1. The van der Waals surface area contributed by atoms with Crippen LogP contribution in [0.4, 0.5) is 15.1 Å². The van der Waals surface area contributed by atoms with E-state index in [1.54, 1.807) is 46.6 Å². The topological polar surface area (TPSA) is 68.2 Å². The minimum atomic E-state index is -0.342. The first-order valence-corrected chi connectivity index (χ1v) is 11.8. The Labute approximate surface area is 195 Å². The van der Waals surface area contributed by atoms with Crippen molar-refractivity contribution >= 4 is 45.3 Å². The second-order valence-electron chi connectivity index (χ2n) is 7.71. The Morgan fingerprint density at radius 3 is 2.78 bits per heavy atom. The Balaban J connectivity index is 1.47. The van der Waals surface area contributed by atoms with Crippen LogP contribution in [-0.4, -0.2) is 28.0 Å². The zero-order valence-electron chi connectivity index (χ0n) is 17.8. The van der Waals surface area contributed by atoms with E-state index >= 15 is 0 Å². The van der Waals surface area contributed by atoms with Gasteiger partial charge in [0.2, 0.25) is 0 Å². The largest absolute Gasteiger partial charge is 0.465 e. The number of aromatic nitrogens is 2. The van der Waals surface area contributed by atoms with E-state index in [1.807, 2.05) is 0 Å². The van der Waals surface area contributed by atoms with Crippen LogP contribution in [0.2, 0.25) is 0 Å². The van der Waals surface area contributed by atoms with E-state index in [4.69, 9.17) is 17.0 Å². The Bertz CT molecular complexity index is 1130. The number of carbonyl (C=O) groups excluding carboxylic acids is 1. The third-order valence-corrected chi connectivity index (χ3v) is 6.88. The average Bonchev–Trinajstić information content (AvgIpc) is 3.33. The van der Waals surface area contributed by atoms with Gasteiger partial charge in [-0.2, -0.15) is 5.10 Å². The number of esters is 1. The highest BCUT2D eigenvalue weighted by atomic mass is 32.1. The number of hydrogen-bond acceptors (Lipinski definition) is 5. The van der Waals surface area contributed by atoms with Crippen molar-refractivity contribution in [2.45, 2.75) is 45.1 Å². The number of benzene rings is 1. The van der Waals surface area contributed by atoms with Gasteiger partial charge in [0.25, 0.3) is 0 Å². The zero-order chi connectivity index (χ0) is 22.5. The summed E-state index contributed by atoms with van der Waals surface area (Å²) in [5.41, 5.74) is 2.91. The predicted octanol–water partition coefficient (Wildman–Crippen LogP) is 5.39. The van der Waals surface area contributed by atoms with Crippen LogP contribution in [0.15, 0.2) is 36.7 Å². The molecule has 0 aliphatic heterocycles. The number of ether oxygens (including phenoxy) is 1. The standard InChI is InChI=1S/C23H25FN4O2S2/c1-30-22(29)20-17-9-4-2-3-5-11-19(17)32-21(20)27-23(31)26-16-12-25-28(14-16)13-15-8-6-7-10-18(15)24/h6-8,10,12,14H,2-5,9,11,13H2,1H3,(H2,26,27,31). The predicted molar refractivity (Wildman–Crippen MR) is 129 cm³/mol. The normalized spacial score (nSPS) is 13.6. The van der Waals surface area contributed by atoms with Crippen molar-refractivity contribution in [3.63, 3.8) is 0 Å². The van der Waals surface area contributed by atoms with Crippen molar-refractivity contribution in [3.8, 4) is 0 Å². The van der Waals surface area contributed by atoms with Gasteiger partial charge in [-0.25, -0.2) is 9.18 Å². The number of nitrogens with zero attached hydrogens (tertiary/aromatic N) is 2. The van der Waals surface area contributed by atoms with E-state index in [1.165, 1.54) is 30.9 Å². The summed E-state index contributed by atoms with van der Waals surface area (Å²) in [7, 11) is 1.40. The fourth-order valence-electron chi connectivity index (χ4n) is 3.91. The fourth-order valence-corrected chi connectivity index (χ4v) is 5.47. The van der Waals surface area contributed by atoms with Gasteiger partial charge in [0.05, 0.1) is 31.1 Å². The molecule has 9 heteroatoms. The monoisotopic (exact) mass is 472 g/mol. The van der Waals surface area contributed by atoms with Gasteiger partial charge in [0, 0.05) is 16.6 Å². The van der Waals surface area contributed by atoms with Gasteiger partial charge < -0.3 is 15.4 Å². The third kappa shape index (κ3) is 5.16. The second-order valence-corrected chi connectivity index (χ2v) is 9.22. The van der Waals surface area contributed by atoms with Crippen molar-refractivity contribution in [3.05, 3.63) is 64.0 Å². The Hall–Kier alpha value is -2.78. The number of halogens is 1. The Morgan fingerprint density at radius 2 is 2.00 bits per heavy atom.